The van der Waals surface area contributed by atoms with Crippen molar-refractivity contribution in [1.82, 2.24) is 5.32 Å². The molecule has 0 aliphatic heterocycles. The van der Waals surface area contributed by atoms with Crippen LogP contribution in [-0.2, 0) is 17.8 Å². The number of fused-ring (bicyclic) bond motifs is 1. The molecule has 0 unspecified atom stereocenters. The first kappa shape index (κ1) is 22.8. The van der Waals surface area contributed by atoms with E-state index in [2.05, 4.69) is 10.6 Å². The molecule has 2 heterocycles. The summed E-state index contributed by atoms with van der Waals surface area (Å²) in [6.45, 7) is 2.18. The number of hydrogen-bond donors (Lipinski definition) is 2. The number of nitrogens with one attached hydrogen (secondary N) is 2. The van der Waals surface area contributed by atoms with Crippen LogP contribution in [0.3, 0.4) is 0 Å². The highest BCUT2D eigenvalue weighted by atomic mass is 16.5. The molecule has 4 aromatic rings. The summed E-state index contributed by atoms with van der Waals surface area (Å²) in [6, 6.07) is 15.7. The summed E-state index contributed by atoms with van der Waals surface area (Å²) >= 11 is 0. The van der Waals surface area contributed by atoms with Gasteiger partial charge in [0.2, 0.25) is 5.91 Å². The molecule has 0 bridgehead atoms. The third kappa shape index (κ3) is 5.17. The molecular formula is C26H24N2O6. The number of ether oxygens (including phenoxy) is 1. The lowest BCUT2D eigenvalue weighted by Crippen LogP contribution is -2.24. The van der Waals surface area contributed by atoms with Gasteiger partial charge in [-0.2, -0.15) is 0 Å². The van der Waals surface area contributed by atoms with Crippen molar-refractivity contribution in [3.05, 3.63) is 93.7 Å². The third-order valence-electron chi connectivity index (χ3n) is 5.54. The zero-order valence-electron chi connectivity index (χ0n) is 18.8. The van der Waals surface area contributed by atoms with E-state index in [0.717, 1.165) is 16.5 Å². The average molecular weight is 460 g/mol. The first-order valence-electron chi connectivity index (χ1n) is 10.8. The van der Waals surface area contributed by atoms with Crippen molar-refractivity contribution in [2.75, 3.05) is 12.4 Å². The largest absolute Gasteiger partial charge is 0.497 e. The van der Waals surface area contributed by atoms with Gasteiger partial charge >= 0.3 is 5.63 Å². The van der Waals surface area contributed by atoms with Gasteiger partial charge in [-0.25, -0.2) is 4.79 Å². The van der Waals surface area contributed by atoms with Gasteiger partial charge in [0.15, 0.2) is 5.76 Å². The van der Waals surface area contributed by atoms with Crippen molar-refractivity contribution in [3.8, 4) is 5.75 Å². The van der Waals surface area contributed by atoms with E-state index in [1.165, 1.54) is 6.26 Å². The van der Waals surface area contributed by atoms with E-state index in [1.807, 2.05) is 25.1 Å². The Balaban J connectivity index is 1.32. The molecule has 2 amide bonds. The van der Waals surface area contributed by atoms with Gasteiger partial charge in [-0.15, -0.1) is 0 Å². The minimum atomic E-state index is -0.446. The minimum absolute atomic E-state index is 0.157. The highest BCUT2D eigenvalue weighted by molar-refractivity contribution is 6.02. The maximum atomic E-state index is 12.5. The summed E-state index contributed by atoms with van der Waals surface area (Å²) in [5.74, 6) is 0.323. The maximum absolute atomic E-state index is 12.5. The van der Waals surface area contributed by atoms with Crippen molar-refractivity contribution < 1.29 is 23.2 Å². The Bertz CT molecular complexity index is 1370. The number of furan rings is 1. The quantitative estimate of drug-likeness (QED) is 0.381. The molecule has 0 atom stereocenters. The highest BCUT2D eigenvalue weighted by Gasteiger charge is 2.14. The third-order valence-corrected chi connectivity index (χ3v) is 5.54. The zero-order valence-corrected chi connectivity index (χ0v) is 18.8. The van der Waals surface area contributed by atoms with Crippen molar-refractivity contribution in [1.29, 1.82) is 0 Å². The van der Waals surface area contributed by atoms with Gasteiger partial charge in [0.1, 0.15) is 11.3 Å². The van der Waals surface area contributed by atoms with Crippen LogP contribution in [0.15, 0.2) is 74.5 Å². The zero-order chi connectivity index (χ0) is 24.1. The summed E-state index contributed by atoms with van der Waals surface area (Å²) in [4.78, 5) is 36.8. The van der Waals surface area contributed by atoms with Crippen LogP contribution in [0, 0.1) is 6.92 Å². The van der Waals surface area contributed by atoms with Crippen LogP contribution in [-0.4, -0.2) is 18.9 Å². The predicted molar refractivity (Wildman–Crippen MR) is 127 cm³/mol. The van der Waals surface area contributed by atoms with Crippen LogP contribution in [0.25, 0.3) is 11.0 Å². The van der Waals surface area contributed by atoms with Crippen LogP contribution in [0.5, 0.6) is 5.75 Å². The molecule has 2 aromatic heterocycles. The number of aryl methyl sites for hydroxylation is 1. The van der Waals surface area contributed by atoms with Crippen LogP contribution < -0.4 is 21.0 Å². The molecule has 0 radical (unpaired) electrons. The van der Waals surface area contributed by atoms with Gasteiger partial charge in [0.05, 0.1) is 13.4 Å². The van der Waals surface area contributed by atoms with E-state index in [-0.39, 0.29) is 30.4 Å². The fourth-order valence-electron chi connectivity index (χ4n) is 3.62. The van der Waals surface area contributed by atoms with Crippen LogP contribution in [0.4, 0.5) is 5.69 Å². The lowest BCUT2D eigenvalue weighted by Gasteiger charge is -2.10. The van der Waals surface area contributed by atoms with Crippen molar-refractivity contribution >= 4 is 28.5 Å². The molecule has 2 N–H and O–H groups in total. The van der Waals surface area contributed by atoms with E-state index in [1.54, 1.807) is 43.5 Å². The number of benzene rings is 2. The summed E-state index contributed by atoms with van der Waals surface area (Å²) in [6.07, 6.45) is 1.87. The second-order valence-electron chi connectivity index (χ2n) is 7.76. The van der Waals surface area contributed by atoms with E-state index >= 15 is 0 Å². The van der Waals surface area contributed by atoms with Crippen molar-refractivity contribution in [2.24, 2.45) is 0 Å². The molecule has 0 saturated heterocycles. The Morgan fingerprint density at radius 3 is 2.56 bits per heavy atom. The molecule has 8 nitrogen and oxygen atoms in total. The summed E-state index contributed by atoms with van der Waals surface area (Å²) in [5, 5.41) is 6.41. The second kappa shape index (κ2) is 10.1. The Kier molecular flexibility index (Phi) is 6.77. The van der Waals surface area contributed by atoms with E-state index in [4.69, 9.17) is 13.6 Å². The molecule has 2 aromatic carbocycles. The van der Waals surface area contributed by atoms with E-state index in [9.17, 15) is 14.4 Å². The fraction of sp³-hybridized carbons (Fsp3) is 0.192. The van der Waals surface area contributed by atoms with Gasteiger partial charge in [-0.3, -0.25) is 9.59 Å². The minimum Gasteiger partial charge on any atom is -0.497 e. The molecule has 174 valence electrons. The van der Waals surface area contributed by atoms with Crippen LogP contribution in [0.1, 0.15) is 33.7 Å². The number of amides is 2. The monoisotopic (exact) mass is 460 g/mol. The van der Waals surface area contributed by atoms with Gasteiger partial charge in [0, 0.05) is 35.7 Å². The highest BCUT2D eigenvalue weighted by Crippen LogP contribution is 2.24. The van der Waals surface area contributed by atoms with Crippen molar-refractivity contribution in [3.63, 3.8) is 0 Å². The molecular weight excluding hydrogens is 436 g/mol. The molecule has 34 heavy (non-hydrogen) atoms. The first-order valence-corrected chi connectivity index (χ1v) is 10.8. The molecule has 0 aliphatic carbocycles. The van der Waals surface area contributed by atoms with Crippen LogP contribution >= 0.6 is 0 Å². The lowest BCUT2D eigenvalue weighted by molar-refractivity contribution is -0.121. The maximum Gasteiger partial charge on any atom is 0.339 e. The number of methoxy groups -OCH3 is 1. The topological polar surface area (TPSA) is 111 Å². The molecule has 0 aliphatic rings. The van der Waals surface area contributed by atoms with Crippen molar-refractivity contribution in [2.45, 2.75) is 26.3 Å². The average Bonchev–Trinajstić information content (AvgIpc) is 3.38. The Hall–Kier alpha value is -4.33. The molecule has 0 saturated carbocycles. The number of carbonyl (C=O) groups excluding carboxylic acids is 2. The fourth-order valence-corrected chi connectivity index (χ4v) is 3.62. The van der Waals surface area contributed by atoms with Gasteiger partial charge in [-0.1, -0.05) is 12.1 Å². The molecule has 0 fully saturated rings. The smallest absolute Gasteiger partial charge is 0.339 e. The number of rotatable bonds is 8. The number of hydrogen-bond acceptors (Lipinski definition) is 6. The van der Waals surface area contributed by atoms with E-state index in [0.29, 0.717) is 29.1 Å². The lowest BCUT2D eigenvalue weighted by atomic mass is 10.0. The SMILES string of the molecule is COc1ccc2c(C)c(CCC(=O)NCc3ccc(NC(=O)c4ccco4)cc3)c(=O)oc2c1. The van der Waals surface area contributed by atoms with Gasteiger partial charge in [-0.05, 0) is 60.9 Å². The Morgan fingerprint density at radius 2 is 1.85 bits per heavy atom. The van der Waals surface area contributed by atoms with Gasteiger partial charge < -0.3 is 24.2 Å². The van der Waals surface area contributed by atoms with Gasteiger partial charge in [0.25, 0.3) is 5.91 Å². The second-order valence-corrected chi connectivity index (χ2v) is 7.76. The van der Waals surface area contributed by atoms with Crippen LogP contribution in [0.2, 0.25) is 0 Å². The molecule has 8 heteroatoms. The number of carbonyl (C=O) groups is 2. The van der Waals surface area contributed by atoms with E-state index < -0.39 is 5.63 Å². The standard InChI is InChI=1S/C26H24N2O6/c1-16-20-10-9-19(32-2)14-23(20)34-26(31)21(16)11-12-24(29)27-15-17-5-7-18(8-6-17)28-25(30)22-4-3-13-33-22/h3-10,13-14H,11-12,15H2,1-2H3,(H,27,29)(H,28,30). The summed E-state index contributed by atoms with van der Waals surface area (Å²) < 4.78 is 15.7. The molecule has 0 spiro atoms. The summed E-state index contributed by atoms with van der Waals surface area (Å²) in [5.41, 5.74) is 2.79. The Labute approximate surface area is 195 Å². The predicted octanol–water partition coefficient (Wildman–Crippen LogP) is 4.20. The molecule has 4 rings (SSSR count). The summed E-state index contributed by atoms with van der Waals surface area (Å²) in [7, 11) is 1.55. The number of anilines is 1. The normalized spacial score (nSPS) is 10.8. The first-order chi connectivity index (χ1) is 16.4. The Morgan fingerprint density at radius 1 is 1.06 bits per heavy atom.